The Morgan fingerprint density at radius 3 is 2.58 bits per heavy atom. The van der Waals surface area contributed by atoms with E-state index in [9.17, 15) is 8.78 Å². The Morgan fingerprint density at radius 1 is 1.32 bits per heavy atom. The average Bonchev–Trinajstić information content (AvgIpc) is 2.27. The van der Waals surface area contributed by atoms with Crippen molar-refractivity contribution in [2.24, 2.45) is 10.7 Å². The largest absolute Gasteiger partial charge is 0.492 e. The van der Waals surface area contributed by atoms with Crippen molar-refractivity contribution >= 4 is 5.96 Å². The highest BCUT2D eigenvalue weighted by Gasteiger charge is 2.09. The SMILES string of the molecule is CC(C)(C)NC(N)=NCCOc1ccc(F)c(F)c1. The van der Waals surface area contributed by atoms with Crippen LogP contribution in [0.3, 0.4) is 0 Å². The minimum atomic E-state index is -0.935. The van der Waals surface area contributed by atoms with Crippen LogP contribution in [0.5, 0.6) is 5.75 Å². The maximum Gasteiger partial charge on any atom is 0.189 e. The fourth-order valence-corrected chi connectivity index (χ4v) is 1.32. The first-order valence-electron chi connectivity index (χ1n) is 5.94. The van der Waals surface area contributed by atoms with E-state index in [1.807, 2.05) is 20.8 Å². The van der Waals surface area contributed by atoms with Gasteiger partial charge in [0.25, 0.3) is 0 Å². The lowest BCUT2D eigenvalue weighted by atomic mass is 10.1. The van der Waals surface area contributed by atoms with Crippen LogP contribution in [0.1, 0.15) is 20.8 Å². The molecule has 0 fully saturated rings. The number of ether oxygens (including phenoxy) is 1. The summed E-state index contributed by atoms with van der Waals surface area (Å²) in [5.41, 5.74) is 5.50. The summed E-state index contributed by atoms with van der Waals surface area (Å²) in [5.74, 6) is -1.25. The van der Waals surface area contributed by atoms with Gasteiger partial charge in [-0.3, -0.25) is 0 Å². The molecule has 0 spiro atoms. The van der Waals surface area contributed by atoms with Gasteiger partial charge in [0.15, 0.2) is 17.6 Å². The van der Waals surface area contributed by atoms with Crippen molar-refractivity contribution in [3.8, 4) is 5.75 Å². The van der Waals surface area contributed by atoms with E-state index in [1.165, 1.54) is 6.07 Å². The average molecular weight is 271 g/mol. The van der Waals surface area contributed by atoms with Gasteiger partial charge in [0, 0.05) is 11.6 Å². The molecule has 0 bridgehead atoms. The van der Waals surface area contributed by atoms with Crippen molar-refractivity contribution in [3.63, 3.8) is 0 Å². The highest BCUT2D eigenvalue weighted by Crippen LogP contribution is 2.15. The van der Waals surface area contributed by atoms with Crippen molar-refractivity contribution in [2.75, 3.05) is 13.2 Å². The van der Waals surface area contributed by atoms with Gasteiger partial charge in [-0.05, 0) is 32.9 Å². The molecule has 0 heterocycles. The topological polar surface area (TPSA) is 59.6 Å². The number of halogens is 2. The van der Waals surface area contributed by atoms with E-state index in [4.69, 9.17) is 10.5 Å². The molecule has 4 nitrogen and oxygen atoms in total. The Hall–Kier alpha value is -1.85. The smallest absolute Gasteiger partial charge is 0.189 e. The normalized spacial score (nSPS) is 12.4. The number of guanidine groups is 1. The fourth-order valence-electron chi connectivity index (χ4n) is 1.32. The number of benzene rings is 1. The van der Waals surface area contributed by atoms with Crippen LogP contribution < -0.4 is 15.8 Å². The van der Waals surface area contributed by atoms with Crippen LogP contribution in [0.4, 0.5) is 8.78 Å². The van der Waals surface area contributed by atoms with E-state index in [-0.39, 0.29) is 17.9 Å². The zero-order valence-electron chi connectivity index (χ0n) is 11.3. The lowest BCUT2D eigenvalue weighted by molar-refractivity contribution is 0.325. The van der Waals surface area contributed by atoms with Gasteiger partial charge in [0.05, 0.1) is 6.54 Å². The first-order valence-corrected chi connectivity index (χ1v) is 5.94. The molecule has 0 amide bonds. The van der Waals surface area contributed by atoms with E-state index >= 15 is 0 Å². The zero-order chi connectivity index (χ0) is 14.5. The summed E-state index contributed by atoms with van der Waals surface area (Å²) in [6, 6.07) is 3.37. The van der Waals surface area contributed by atoms with Crippen LogP contribution in [0.2, 0.25) is 0 Å². The van der Waals surface area contributed by atoms with E-state index in [0.717, 1.165) is 12.1 Å². The minimum absolute atomic E-state index is 0.158. The van der Waals surface area contributed by atoms with E-state index < -0.39 is 11.6 Å². The molecular formula is C13H19F2N3O. The Labute approximate surface area is 111 Å². The van der Waals surface area contributed by atoms with Gasteiger partial charge in [-0.1, -0.05) is 0 Å². The summed E-state index contributed by atoms with van der Waals surface area (Å²) in [4.78, 5) is 4.06. The number of hydrogen-bond acceptors (Lipinski definition) is 2. The van der Waals surface area contributed by atoms with Crippen molar-refractivity contribution < 1.29 is 13.5 Å². The predicted molar refractivity (Wildman–Crippen MR) is 71.2 cm³/mol. The standard InChI is InChI=1S/C13H19F2N3O/c1-13(2,3)18-12(16)17-6-7-19-9-4-5-10(14)11(15)8-9/h4-5,8H,6-7H2,1-3H3,(H3,16,17,18). The molecular weight excluding hydrogens is 252 g/mol. The van der Waals surface area contributed by atoms with Gasteiger partial charge in [-0.25, -0.2) is 13.8 Å². The predicted octanol–water partition coefficient (Wildman–Crippen LogP) is 2.05. The zero-order valence-corrected chi connectivity index (χ0v) is 11.3. The van der Waals surface area contributed by atoms with Gasteiger partial charge in [0.1, 0.15) is 12.4 Å². The van der Waals surface area contributed by atoms with Crippen molar-refractivity contribution in [3.05, 3.63) is 29.8 Å². The van der Waals surface area contributed by atoms with Crippen molar-refractivity contribution in [1.29, 1.82) is 0 Å². The molecule has 0 aliphatic carbocycles. The molecule has 6 heteroatoms. The third-order valence-electron chi connectivity index (χ3n) is 2.04. The summed E-state index contributed by atoms with van der Waals surface area (Å²) in [5, 5.41) is 3.00. The summed E-state index contributed by atoms with van der Waals surface area (Å²) >= 11 is 0. The Morgan fingerprint density at radius 2 is 2.00 bits per heavy atom. The highest BCUT2D eigenvalue weighted by atomic mass is 19.2. The number of hydrogen-bond donors (Lipinski definition) is 2. The number of nitrogens with zero attached hydrogens (tertiary/aromatic N) is 1. The monoisotopic (exact) mass is 271 g/mol. The van der Waals surface area contributed by atoms with Gasteiger partial charge in [-0.2, -0.15) is 0 Å². The van der Waals surface area contributed by atoms with E-state index in [1.54, 1.807) is 0 Å². The quantitative estimate of drug-likeness (QED) is 0.500. The van der Waals surface area contributed by atoms with Crippen LogP contribution >= 0.6 is 0 Å². The van der Waals surface area contributed by atoms with Crippen LogP contribution in [0.15, 0.2) is 23.2 Å². The highest BCUT2D eigenvalue weighted by molar-refractivity contribution is 5.78. The molecule has 0 aliphatic rings. The first-order chi connectivity index (χ1) is 8.78. The van der Waals surface area contributed by atoms with Crippen LogP contribution in [0.25, 0.3) is 0 Å². The molecule has 0 saturated heterocycles. The Bertz CT molecular complexity index is 456. The fraction of sp³-hybridized carbons (Fsp3) is 0.462. The molecule has 3 N–H and O–H groups in total. The second kappa shape index (κ2) is 6.36. The third kappa shape index (κ3) is 6.03. The second-order valence-corrected chi connectivity index (χ2v) is 5.07. The lowest BCUT2D eigenvalue weighted by Crippen LogP contribution is -2.45. The number of rotatable bonds is 4. The summed E-state index contributed by atoms with van der Waals surface area (Å²) in [6.45, 7) is 6.46. The molecule has 106 valence electrons. The summed E-state index contributed by atoms with van der Waals surface area (Å²) in [6.07, 6.45) is 0. The van der Waals surface area contributed by atoms with Gasteiger partial charge in [0.2, 0.25) is 0 Å². The molecule has 0 radical (unpaired) electrons. The van der Waals surface area contributed by atoms with Crippen LogP contribution in [-0.4, -0.2) is 24.7 Å². The molecule has 1 rings (SSSR count). The van der Waals surface area contributed by atoms with Gasteiger partial charge >= 0.3 is 0 Å². The molecule has 0 saturated carbocycles. The maximum atomic E-state index is 12.9. The molecule has 0 unspecified atom stereocenters. The molecule has 0 aromatic heterocycles. The Balaban J connectivity index is 2.38. The van der Waals surface area contributed by atoms with Crippen LogP contribution in [-0.2, 0) is 0 Å². The molecule has 1 aromatic rings. The summed E-state index contributed by atoms with van der Waals surface area (Å²) < 4.78 is 30.8. The van der Waals surface area contributed by atoms with E-state index in [2.05, 4.69) is 10.3 Å². The van der Waals surface area contributed by atoms with E-state index in [0.29, 0.717) is 12.5 Å². The number of nitrogens with one attached hydrogen (secondary N) is 1. The molecule has 1 aromatic carbocycles. The van der Waals surface area contributed by atoms with Crippen LogP contribution in [0, 0.1) is 11.6 Å². The third-order valence-corrected chi connectivity index (χ3v) is 2.04. The molecule has 19 heavy (non-hydrogen) atoms. The molecule has 0 atom stereocenters. The lowest BCUT2D eigenvalue weighted by Gasteiger charge is -2.20. The summed E-state index contributed by atoms with van der Waals surface area (Å²) in [7, 11) is 0. The second-order valence-electron chi connectivity index (χ2n) is 5.07. The van der Waals surface area contributed by atoms with Crippen molar-refractivity contribution in [2.45, 2.75) is 26.3 Å². The van der Waals surface area contributed by atoms with Crippen molar-refractivity contribution in [1.82, 2.24) is 5.32 Å². The van der Waals surface area contributed by atoms with Gasteiger partial charge < -0.3 is 15.8 Å². The maximum absolute atomic E-state index is 12.9. The van der Waals surface area contributed by atoms with Gasteiger partial charge in [-0.15, -0.1) is 0 Å². The first kappa shape index (κ1) is 15.2. The number of nitrogens with two attached hydrogens (primary N) is 1. The molecule has 0 aliphatic heterocycles. The number of aliphatic imine (C=N–C) groups is 1. The Kier molecular flexibility index (Phi) is 5.09. The minimum Gasteiger partial charge on any atom is -0.492 e.